The van der Waals surface area contributed by atoms with Crippen molar-refractivity contribution in [3.63, 3.8) is 0 Å². The zero-order chi connectivity index (χ0) is 8.97. The molecule has 0 aliphatic carbocycles. The highest BCUT2D eigenvalue weighted by molar-refractivity contribution is 4.89. The molecule has 1 radical (unpaired) electrons. The molecule has 0 saturated carbocycles. The number of hydrogen-bond acceptors (Lipinski definition) is 3. The predicted molar refractivity (Wildman–Crippen MR) is 45.5 cm³/mol. The van der Waals surface area contributed by atoms with Gasteiger partial charge in [-0.05, 0) is 13.3 Å². The molecule has 1 aliphatic heterocycles. The van der Waals surface area contributed by atoms with E-state index in [1.807, 2.05) is 13.8 Å². The van der Waals surface area contributed by atoms with Gasteiger partial charge >= 0.3 is 0 Å². The molecule has 2 unspecified atom stereocenters. The summed E-state index contributed by atoms with van der Waals surface area (Å²) in [6.07, 6.45) is 1.96. The lowest BCUT2D eigenvalue weighted by Crippen LogP contribution is -2.22. The highest BCUT2D eigenvalue weighted by Crippen LogP contribution is 2.22. The zero-order valence-electron chi connectivity index (χ0n) is 7.75. The first-order valence-corrected chi connectivity index (χ1v) is 4.52. The van der Waals surface area contributed by atoms with E-state index in [0.29, 0.717) is 19.6 Å². The Bertz CT molecular complexity index is 127. The van der Waals surface area contributed by atoms with Crippen LogP contribution in [0.1, 0.15) is 26.7 Å². The van der Waals surface area contributed by atoms with Crippen LogP contribution < -0.4 is 0 Å². The van der Waals surface area contributed by atoms with Gasteiger partial charge in [0.25, 0.3) is 0 Å². The highest BCUT2D eigenvalue weighted by atomic mass is 16.6. The molecule has 0 aromatic carbocycles. The lowest BCUT2D eigenvalue weighted by atomic mass is 10.1. The van der Waals surface area contributed by atoms with Crippen molar-refractivity contribution in [2.45, 2.75) is 38.9 Å². The van der Waals surface area contributed by atoms with Gasteiger partial charge in [0.2, 0.25) is 0 Å². The van der Waals surface area contributed by atoms with Crippen molar-refractivity contribution >= 4 is 0 Å². The van der Waals surface area contributed by atoms with Gasteiger partial charge in [0.15, 0.2) is 0 Å². The van der Waals surface area contributed by atoms with E-state index >= 15 is 0 Å². The Balaban J connectivity index is 2.40. The first-order chi connectivity index (χ1) is 5.74. The maximum Gasteiger partial charge on any atom is 0.128 e. The van der Waals surface area contributed by atoms with Crippen LogP contribution in [0.3, 0.4) is 0 Å². The van der Waals surface area contributed by atoms with Gasteiger partial charge in [0, 0.05) is 6.42 Å². The van der Waals surface area contributed by atoms with Crippen molar-refractivity contribution in [2.75, 3.05) is 13.2 Å². The van der Waals surface area contributed by atoms with Crippen LogP contribution in [0.25, 0.3) is 0 Å². The monoisotopic (exact) mass is 173 g/mol. The fraction of sp³-hybridized carbons (Fsp3) is 0.889. The molecule has 1 fully saturated rings. The van der Waals surface area contributed by atoms with Crippen LogP contribution in [-0.2, 0) is 9.47 Å². The van der Waals surface area contributed by atoms with Gasteiger partial charge in [-0.15, -0.1) is 0 Å². The molecule has 1 saturated heterocycles. The van der Waals surface area contributed by atoms with Crippen molar-refractivity contribution < 1.29 is 14.6 Å². The fourth-order valence-corrected chi connectivity index (χ4v) is 1.28. The summed E-state index contributed by atoms with van der Waals surface area (Å²) in [5.74, 6) is 0. The molecule has 2 atom stereocenters. The second-order valence-electron chi connectivity index (χ2n) is 3.12. The largest absolute Gasteiger partial charge is 0.390 e. The van der Waals surface area contributed by atoms with Crippen molar-refractivity contribution in [1.29, 1.82) is 0 Å². The maximum absolute atomic E-state index is 9.51. The van der Waals surface area contributed by atoms with Crippen LogP contribution in [-0.4, -0.2) is 30.5 Å². The van der Waals surface area contributed by atoms with Gasteiger partial charge in [0.1, 0.15) is 6.10 Å². The average molecular weight is 173 g/mol. The summed E-state index contributed by atoms with van der Waals surface area (Å²) in [7, 11) is 0. The minimum atomic E-state index is -0.422. The first-order valence-electron chi connectivity index (χ1n) is 4.52. The summed E-state index contributed by atoms with van der Waals surface area (Å²) in [4.78, 5) is 0. The Kier molecular flexibility index (Phi) is 3.98. The molecule has 0 bridgehead atoms. The van der Waals surface area contributed by atoms with E-state index in [9.17, 15) is 5.11 Å². The van der Waals surface area contributed by atoms with E-state index < -0.39 is 6.10 Å². The Labute approximate surface area is 73.7 Å². The van der Waals surface area contributed by atoms with Crippen LogP contribution in [0.15, 0.2) is 0 Å². The van der Waals surface area contributed by atoms with Gasteiger partial charge in [0.05, 0.1) is 25.4 Å². The Morgan fingerprint density at radius 2 is 2.33 bits per heavy atom. The lowest BCUT2D eigenvalue weighted by Gasteiger charge is -2.19. The molecule has 3 heteroatoms. The Hall–Kier alpha value is -0.120. The molecule has 0 aromatic rings. The summed E-state index contributed by atoms with van der Waals surface area (Å²) in [5, 5.41) is 9.51. The van der Waals surface area contributed by atoms with Crippen molar-refractivity contribution in [3.05, 3.63) is 6.10 Å². The molecule has 0 spiro atoms. The third-order valence-corrected chi connectivity index (χ3v) is 2.02. The topological polar surface area (TPSA) is 38.7 Å². The number of ether oxygens (including phenoxy) is 2. The quantitative estimate of drug-likeness (QED) is 0.680. The van der Waals surface area contributed by atoms with E-state index in [1.54, 1.807) is 0 Å². The SMILES string of the molecule is CCC(O)[C]1CC(C)OCCO1. The van der Waals surface area contributed by atoms with Crippen LogP contribution in [0.4, 0.5) is 0 Å². The van der Waals surface area contributed by atoms with E-state index in [0.717, 1.165) is 12.5 Å². The highest BCUT2D eigenvalue weighted by Gasteiger charge is 2.24. The normalized spacial score (nSPS) is 29.8. The molecule has 12 heavy (non-hydrogen) atoms. The fourth-order valence-electron chi connectivity index (χ4n) is 1.28. The summed E-state index contributed by atoms with van der Waals surface area (Å²) >= 11 is 0. The van der Waals surface area contributed by atoms with Crippen LogP contribution in [0.5, 0.6) is 0 Å². The summed E-state index contributed by atoms with van der Waals surface area (Å²) in [6.45, 7) is 5.13. The van der Waals surface area contributed by atoms with Crippen LogP contribution >= 0.6 is 0 Å². The third kappa shape index (κ3) is 2.73. The molecular weight excluding hydrogens is 156 g/mol. The number of rotatable bonds is 2. The lowest BCUT2D eigenvalue weighted by molar-refractivity contribution is 0.0391. The predicted octanol–water partition coefficient (Wildman–Crippen LogP) is 1.11. The van der Waals surface area contributed by atoms with Crippen molar-refractivity contribution in [1.82, 2.24) is 0 Å². The zero-order valence-corrected chi connectivity index (χ0v) is 7.75. The second kappa shape index (κ2) is 4.80. The maximum atomic E-state index is 9.51. The number of aliphatic hydroxyl groups excluding tert-OH is 1. The minimum absolute atomic E-state index is 0.170. The third-order valence-electron chi connectivity index (χ3n) is 2.02. The van der Waals surface area contributed by atoms with Crippen molar-refractivity contribution in [2.24, 2.45) is 0 Å². The van der Waals surface area contributed by atoms with Gasteiger partial charge in [-0.25, -0.2) is 0 Å². The number of aliphatic hydroxyl groups is 1. The van der Waals surface area contributed by atoms with Gasteiger partial charge in [-0.2, -0.15) is 0 Å². The smallest absolute Gasteiger partial charge is 0.128 e. The second-order valence-corrected chi connectivity index (χ2v) is 3.12. The number of hydrogen-bond donors (Lipinski definition) is 1. The summed E-state index contributed by atoms with van der Waals surface area (Å²) < 4.78 is 10.7. The molecule has 1 heterocycles. The Morgan fingerprint density at radius 3 is 3.00 bits per heavy atom. The average Bonchev–Trinajstić information content (AvgIpc) is 2.28. The van der Waals surface area contributed by atoms with Gasteiger partial charge in [-0.1, -0.05) is 6.92 Å². The summed E-state index contributed by atoms with van der Waals surface area (Å²) in [5.41, 5.74) is 0. The first kappa shape index (κ1) is 9.96. The summed E-state index contributed by atoms with van der Waals surface area (Å²) in [6, 6.07) is 0. The molecule has 1 N–H and O–H groups in total. The molecule has 0 aromatic heterocycles. The van der Waals surface area contributed by atoms with Crippen LogP contribution in [0, 0.1) is 6.10 Å². The molecule has 71 valence electrons. The van der Waals surface area contributed by atoms with Gasteiger partial charge < -0.3 is 14.6 Å². The van der Waals surface area contributed by atoms with Gasteiger partial charge in [-0.3, -0.25) is 0 Å². The van der Waals surface area contributed by atoms with E-state index in [2.05, 4.69) is 0 Å². The molecule has 1 rings (SSSR count). The molecular formula is C9H17O3. The van der Waals surface area contributed by atoms with E-state index in [-0.39, 0.29) is 6.10 Å². The van der Waals surface area contributed by atoms with Crippen LogP contribution in [0.2, 0.25) is 0 Å². The Morgan fingerprint density at radius 1 is 1.58 bits per heavy atom. The molecule has 3 nitrogen and oxygen atoms in total. The molecule has 0 amide bonds. The molecule has 1 aliphatic rings. The van der Waals surface area contributed by atoms with E-state index in [4.69, 9.17) is 9.47 Å². The van der Waals surface area contributed by atoms with Crippen molar-refractivity contribution in [3.8, 4) is 0 Å². The van der Waals surface area contributed by atoms with E-state index in [1.165, 1.54) is 0 Å². The minimum Gasteiger partial charge on any atom is -0.390 e. The standard InChI is InChI=1S/C9H17O3/c1-3-8(10)9-6-7(2)11-4-5-12-9/h7-8,10H,3-6H2,1-2H3.